The highest BCUT2D eigenvalue weighted by atomic mass is 32.1. The average molecular weight is 594 g/mol. The van der Waals surface area contributed by atoms with Crippen molar-refractivity contribution < 1.29 is 24.2 Å². The van der Waals surface area contributed by atoms with Crippen molar-refractivity contribution in [3.05, 3.63) is 88.4 Å². The number of aromatic nitrogens is 1. The van der Waals surface area contributed by atoms with Crippen LogP contribution in [0.4, 0.5) is 9.59 Å². The van der Waals surface area contributed by atoms with Gasteiger partial charge in [-0.25, -0.2) is 9.59 Å². The number of likely N-dealkylation sites (tertiary alicyclic amines) is 1. The molecule has 3 atom stereocenters. The normalized spacial score (nSPS) is 15.2. The van der Waals surface area contributed by atoms with Crippen LogP contribution < -0.4 is 16.0 Å². The minimum atomic E-state index is -1.07. The number of ether oxygens (including phenoxy) is 1. The maximum atomic E-state index is 13.3. The molecule has 224 valence electrons. The molecule has 1 saturated heterocycles. The largest absolute Gasteiger partial charge is 0.444 e. The molecule has 3 aromatic rings. The summed E-state index contributed by atoms with van der Waals surface area (Å²) in [6, 6.07) is 17.3. The number of amides is 4. The number of thiazole rings is 1. The molecule has 1 fully saturated rings. The van der Waals surface area contributed by atoms with Gasteiger partial charge in [0.25, 0.3) is 0 Å². The van der Waals surface area contributed by atoms with Gasteiger partial charge in [-0.2, -0.15) is 0 Å². The van der Waals surface area contributed by atoms with E-state index in [0.717, 1.165) is 35.3 Å². The highest BCUT2D eigenvalue weighted by molar-refractivity contribution is 7.09. The van der Waals surface area contributed by atoms with Crippen LogP contribution in [0, 0.1) is 0 Å². The third-order valence-electron chi connectivity index (χ3n) is 7.24. The lowest BCUT2D eigenvalue weighted by atomic mass is 9.95. The molecule has 3 unspecified atom stereocenters. The van der Waals surface area contributed by atoms with E-state index in [2.05, 4.69) is 20.9 Å². The Kier molecular flexibility index (Phi) is 12.2. The van der Waals surface area contributed by atoms with Crippen LogP contribution in [0.15, 0.2) is 72.4 Å². The number of alkyl carbamates (subject to hydrolysis) is 1. The van der Waals surface area contributed by atoms with Crippen molar-refractivity contribution in [1.82, 2.24) is 25.8 Å². The number of hydrogen-bond donors (Lipinski definition) is 4. The molecule has 0 spiro atoms. The first-order valence-electron chi connectivity index (χ1n) is 14.4. The van der Waals surface area contributed by atoms with E-state index in [-0.39, 0.29) is 24.7 Å². The number of piperidine rings is 1. The van der Waals surface area contributed by atoms with Crippen molar-refractivity contribution in [3.8, 4) is 0 Å². The van der Waals surface area contributed by atoms with Gasteiger partial charge >= 0.3 is 12.1 Å². The van der Waals surface area contributed by atoms with Crippen molar-refractivity contribution in [1.29, 1.82) is 0 Å². The van der Waals surface area contributed by atoms with Crippen molar-refractivity contribution in [2.75, 3.05) is 19.7 Å². The first-order valence-corrected chi connectivity index (χ1v) is 15.3. The lowest BCUT2D eigenvalue weighted by Crippen LogP contribution is -2.55. The fourth-order valence-electron chi connectivity index (χ4n) is 4.97. The van der Waals surface area contributed by atoms with Crippen molar-refractivity contribution >= 4 is 29.4 Å². The summed E-state index contributed by atoms with van der Waals surface area (Å²) in [5, 5.41) is 18.7. The molecule has 0 saturated carbocycles. The molecule has 0 radical (unpaired) electrons. The number of carbonyl (C=O) groups is 3. The smallest absolute Gasteiger partial charge is 0.407 e. The van der Waals surface area contributed by atoms with Gasteiger partial charge in [-0.15, -0.1) is 11.3 Å². The Hall–Kier alpha value is -3.96. The van der Waals surface area contributed by atoms with Gasteiger partial charge in [-0.1, -0.05) is 60.7 Å². The Labute approximate surface area is 250 Å². The molecule has 0 aliphatic carbocycles. The summed E-state index contributed by atoms with van der Waals surface area (Å²) >= 11 is 1.41. The number of urea groups is 1. The molecular weight excluding hydrogens is 554 g/mol. The molecule has 0 bridgehead atoms. The third-order valence-corrected chi connectivity index (χ3v) is 7.99. The number of hydrogen-bond acceptors (Lipinski definition) is 7. The molecule has 4 amide bonds. The molecule has 4 rings (SSSR count). The third kappa shape index (κ3) is 9.85. The molecule has 1 aromatic heterocycles. The van der Waals surface area contributed by atoms with Gasteiger partial charge in [0.1, 0.15) is 12.6 Å². The Morgan fingerprint density at radius 1 is 0.929 bits per heavy atom. The summed E-state index contributed by atoms with van der Waals surface area (Å²) in [5.41, 5.74) is 3.64. The lowest BCUT2D eigenvalue weighted by molar-refractivity contribution is -0.124. The predicted octanol–water partition coefficient (Wildman–Crippen LogP) is 4.17. The summed E-state index contributed by atoms with van der Waals surface area (Å²) < 4.78 is 5.42. The minimum absolute atomic E-state index is 0.135. The number of nitrogens with zero attached hydrogens (tertiary/aromatic N) is 2. The monoisotopic (exact) mass is 593 g/mol. The predicted molar refractivity (Wildman–Crippen MR) is 161 cm³/mol. The van der Waals surface area contributed by atoms with Crippen molar-refractivity contribution in [2.45, 2.75) is 63.3 Å². The molecule has 2 heterocycles. The topological polar surface area (TPSA) is 133 Å². The molecule has 2 aromatic carbocycles. The molecule has 11 heteroatoms. The van der Waals surface area contributed by atoms with Gasteiger partial charge < -0.3 is 30.7 Å². The number of aliphatic hydroxyl groups is 1. The second kappa shape index (κ2) is 16.5. The highest BCUT2D eigenvalue weighted by Gasteiger charge is 2.27. The van der Waals surface area contributed by atoms with Gasteiger partial charge in [-0.3, -0.25) is 9.78 Å². The fraction of sp³-hybridized carbons (Fsp3) is 0.419. The van der Waals surface area contributed by atoms with E-state index in [1.165, 1.54) is 11.3 Å². The van der Waals surface area contributed by atoms with Crippen molar-refractivity contribution in [2.24, 2.45) is 0 Å². The summed E-state index contributed by atoms with van der Waals surface area (Å²) in [5.74, 6) is -0.447. The van der Waals surface area contributed by atoms with E-state index >= 15 is 0 Å². The molecule has 42 heavy (non-hydrogen) atoms. The van der Waals surface area contributed by atoms with Gasteiger partial charge in [0.2, 0.25) is 5.91 Å². The first kappa shape index (κ1) is 31.0. The molecule has 4 N–H and O–H groups in total. The zero-order valence-corrected chi connectivity index (χ0v) is 24.4. The number of carbonyl (C=O) groups excluding carboxylic acids is 3. The number of nitrogens with one attached hydrogen (secondary N) is 3. The van der Waals surface area contributed by atoms with Crippen LogP contribution in [-0.4, -0.2) is 64.8 Å². The van der Waals surface area contributed by atoms with Crippen LogP contribution >= 0.6 is 11.3 Å². The summed E-state index contributed by atoms with van der Waals surface area (Å²) in [7, 11) is 0. The maximum absolute atomic E-state index is 13.3. The quantitative estimate of drug-likeness (QED) is 0.235. The van der Waals surface area contributed by atoms with E-state index in [0.29, 0.717) is 32.4 Å². The number of benzene rings is 2. The summed E-state index contributed by atoms with van der Waals surface area (Å²) in [6.45, 7) is 0.908. The van der Waals surface area contributed by atoms with Crippen LogP contribution in [0.3, 0.4) is 0 Å². The highest BCUT2D eigenvalue weighted by Crippen LogP contribution is 2.21. The Balaban J connectivity index is 1.42. The number of rotatable bonds is 13. The fourth-order valence-corrected chi connectivity index (χ4v) is 5.47. The Bertz CT molecular complexity index is 1240. The van der Waals surface area contributed by atoms with Gasteiger partial charge in [-0.05, 0) is 49.7 Å². The minimum Gasteiger partial charge on any atom is -0.444 e. The Morgan fingerprint density at radius 3 is 2.31 bits per heavy atom. The molecule has 1 aliphatic rings. The lowest BCUT2D eigenvalue weighted by Gasteiger charge is -2.29. The second-order valence-corrected chi connectivity index (χ2v) is 11.3. The van der Waals surface area contributed by atoms with Crippen molar-refractivity contribution in [3.63, 3.8) is 0 Å². The van der Waals surface area contributed by atoms with Crippen LogP contribution in [0.2, 0.25) is 0 Å². The van der Waals surface area contributed by atoms with Gasteiger partial charge in [0, 0.05) is 25.3 Å². The Morgan fingerprint density at radius 2 is 1.64 bits per heavy atom. The van der Waals surface area contributed by atoms with Gasteiger partial charge in [0.15, 0.2) is 0 Å². The van der Waals surface area contributed by atoms with Crippen LogP contribution in [-0.2, 0) is 22.6 Å². The van der Waals surface area contributed by atoms with E-state index in [9.17, 15) is 19.5 Å². The van der Waals surface area contributed by atoms with E-state index < -0.39 is 24.6 Å². The second-order valence-electron chi connectivity index (χ2n) is 10.4. The molecule has 1 aliphatic heterocycles. The van der Waals surface area contributed by atoms with Crippen LogP contribution in [0.25, 0.3) is 0 Å². The first-order chi connectivity index (χ1) is 20.5. The van der Waals surface area contributed by atoms with Crippen LogP contribution in [0.1, 0.15) is 54.1 Å². The summed E-state index contributed by atoms with van der Waals surface area (Å²) in [4.78, 5) is 45.2. The zero-order chi connectivity index (χ0) is 29.6. The number of aliphatic hydroxyl groups excluding tert-OH is 1. The van der Waals surface area contributed by atoms with E-state index in [1.807, 2.05) is 60.7 Å². The zero-order valence-electron chi connectivity index (χ0n) is 23.6. The average Bonchev–Trinajstić information content (AvgIpc) is 3.56. The maximum Gasteiger partial charge on any atom is 0.407 e. The SMILES string of the molecule is O=C(NC(CCC(Cc1ccccc1)NC(=O)C(CO)NC(=O)N1CCCCC1)c1ccccc1)OCc1cncs1. The standard InChI is InChI=1S/C31H39N5O5S/c37-20-28(34-30(39)36-16-8-3-9-17-36)29(38)33-25(18-23-10-4-1-5-11-23)14-15-27(24-12-6-2-7-13-24)35-31(40)41-21-26-19-32-22-42-26/h1-2,4-7,10-13,19,22,25,27-28,37H,3,8-9,14-18,20-21H2,(H,33,38)(H,34,39)(H,35,40). The summed E-state index contributed by atoms with van der Waals surface area (Å²) in [6.07, 6.45) is 5.64. The van der Waals surface area contributed by atoms with Gasteiger partial charge in [0.05, 0.1) is 23.0 Å². The molecule has 10 nitrogen and oxygen atoms in total. The molecular formula is C31H39N5O5S. The van der Waals surface area contributed by atoms with Crippen LogP contribution in [0.5, 0.6) is 0 Å². The van der Waals surface area contributed by atoms with E-state index in [1.54, 1.807) is 16.6 Å². The van der Waals surface area contributed by atoms with E-state index in [4.69, 9.17) is 4.74 Å².